The summed E-state index contributed by atoms with van der Waals surface area (Å²) in [5.41, 5.74) is 0. The SMILES string of the molecule is Cn1cnc(CCn2ccnc2SCC(=O)O)n1. The zero-order valence-electron chi connectivity index (χ0n) is 9.85. The number of carbonyl (C=O) groups is 1. The predicted molar refractivity (Wildman–Crippen MR) is 65.3 cm³/mol. The quantitative estimate of drug-likeness (QED) is 0.764. The van der Waals surface area contributed by atoms with Crippen LogP contribution in [-0.4, -0.2) is 41.1 Å². The number of carboxylic acids is 1. The lowest BCUT2D eigenvalue weighted by Crippen LogP contribution is -2.05. The monoisotopic (exact) mass is 267 g/mol. The Balaban J connectivity index is 1.93. The van der Waals surface area contributed by atoms with Gasteiger partial charge in [0, 0.05) is 32.4 Å². The fourth-order valence-corrected chi connectivity index (χ4v) is 2.16. The summed E-state index contributed by atoms with van der Waals surface area (Å²) >= 11 is 1.21. The van der Waals surface area contributed by atoms with Crippen LogP contribution in [0.5, 0.6) is 0 Å². The molecule has 2 aromatic heterocycles. The van der Waals surface area contributed by atoms with Gasteiger partial charge in [0.05, 0.1) is 5.75 Å². The number of thioether (sulfide) groups is 1. The molecule has 2 aromatic rings. The van der Waals surface area contributed by atoms with E-state index in [0.29, 0.717) is 18.1 Å². The number of carboxylic acid groups (broad SMARTS) is 1. The maximum Gasteiger partial charge on any atom is 0.313 e. The summed E-state index contributed by atoms with van der Waals surface area (Å²) < 4.78 is 3.56. The van der Waals surface area contributed by atoms with E-state index in [1.54, 1.807) is 17.2 Å². The van der Waals surface area contributed by atoms with Crippen molar-refractivity contribution in [3.63, 3.8) is 0 Å². The summed E-state index contributed by atoms with van der Waals surface area (Å²) in [6.45, 7) is 0.686. The largest absolute Gasteiger partial charge is 0.481 e. The highest BCUT2D eigenvalue weighted by atomic mass is 32.2. The third-order valence-electron chi connectivity index (χ3n) is 2.23. The molecule has 18 heavy (non-hydrogen) atoms. The highest BCUT2D eigenvalue weighted by molar-refractivity contribution is 7.99. The van der Waals surface area contributed by atoms with Gasteiger partial charge in [0.1, 0.15) is 6.33 Å². The Bertz CT molecular complexity index is 536. The van der Waals surface area contributed by atoms with E-state index in [0.717, 1.165) is 5.82 Å². The first-order valence-electron chi connectivity index (χ1n) is 5.35. The number of imidazole rings is 1. The van der Waals surface area contributed by atoms with Gasteiger partial charge >= 0.3 is 5.97 Å². The molecule has 0 unspecified atom stereocenters. The molecule has 96 valence electrons. The van der Waals surface area contributed by atoms with Crippen molar-refractivity contribution in [3.05, 3.63) is 24.5 Å². The average Bonchev–Trinajstić information content (AvgIpc) is 2.92. The molecule has 0 saturated heterocycles. The van der Waals surface area contributed by atoms with Gasteiger partial charge in [0.2, 0.25) is 0 Å². The Hall–Kier alpha value is -1.83. The van der Waals surface area contributed by atoms with Crippen LogP contribution >= 0.6 is 11.8 Å². The molecule has 0 amide bonds. The van der Waals surface area contributed by atoms with Gasteiger partial charge in [0.15, 0.2) is 11.0 Å². The van der Waals surface area contributed by atoms with Gasteiger partial charge in [-0.3, -0.25) is 9.48 Å². The van der Waals surface area contributed by atoms with Gasteiger partial charge in [-0.1, -0.05) is 11.8 Å². The second-order valence-corrected chi connectivity index (χ2v) is 4.61. The minimum Gasteiger partial charge on any atom is -0.481 e. The Kier molecular flexibility index (Phi) is 3.98. The fraction of sp³-hybridized carbons (Fsp3) is 0.400. The fourth-order valence-electron chi connectivity index (χ4n) is 1.45. The highest BCUT2D eigenvalue weighted by Gasteiger charge is 2.07. The number of aryl methyl sites for hydroxylation is 3. The Morgan fingerprint density at radius 3 is 3.00 bits per heavy atom. The Morgan fingerprint density at radius 1 is 1.50 bits per heavy atom. The van der Waals surface area contributed by atoms with Crippen LogP contribution in [-0.2, 0) is 24.8 Å². The number of hydrogen-bond donors (Lipinski definition) is 1. The molecule has 0 radical (unpaired) electrons. The molecule has 7 nitrogen and oxygen atoms in total. The molecule has 0 saturated carbocycles. The molecule has 1 N–H and O–H groups in total. The average molecular weight is 267 g/mol. The number of nitrogens with zero attached hydrogens (tertiary/aromatic N) is 5. The number of aromatic nitrogens is 5. The predicted octanol–water partition coefficient (Wildman–Crippen LogP) is 0.431. The van der Waals surface area contributed by atoms with Crippen LogP contribution in [0.4, 0.5) is 0 Å². The van der Waals surface area contributed by atoms with Crippen molar-refractivity contribution in [2.75, 3.05) is 5.75 Å². The van der Waals surface area contributed by atoms with Gasteiger partial charge in [-0.05, 0) is 0 Å². The van der Waals surface area contributed by atoms with E-state index in [1.807, 2.05) is 17.8 Å². The minimum absolute atomic E-state index is 0.0127. The maximum atomic E-state index is 10.5. The molecular formula is C10H13N5O2S. The smallest absolute Gasteiger partial charge is 0.313 e. The summed E-state index contributed by atoms with van der Waals surface area (Å²) in [7, 11) is 1.82. The zero-order valence-corrected chi connectivity index (χ0v) is 10.7. The zero-order chi connectivity index (χ0) is 13.0. The molecule has 0 aliphatic heterocycles. The molecule has 2 rings (SSSR count). The summed E-state index contributed by atoms with van der Waals surface area (Å²) in [6, 6.07) is 0. The van der Waals surface area contributed by atoms with E-state index in [4.69, 9.17) is 5.11 Å². The summed E-state index contributed by atoms with van der Waals surface area (Å²) in [4.78, 5) is 18.8. The van der Waals surface area contributed by atoms with Crippen LogP contribution in [0.2, 0.25) is 0 Å². The van der Waals surface area contributed by atoms with E-state index in [9.17, 15) is 4.79 Å². The number of hydrogen-bond acceptors (Lipinski definition) is 5. The van der Waals surface area contributed by atoms with E-state index < -0.39 is 5.97 Å². The standard InChI is InChI=1S/C10H13N5O2S/c1-14-7-12-8(13-14)2-4-15-5-3-11-10(15)18-6-9(16)17/h3,5,7H,2,4,6H2,1H3,(H,16,17). The topological polar surface area (TPSA) is 85.8 Å². The van der Waals surface area contributed by atoms with Crippen LogP contribution in [0.25, 0.3) is 0 Å². The molecule has 0 bridgehead atoms. The first-order chi connectivity index (χ1) is 8.65. The van der Waals surface area contributed by atoms with Crippen molar-refractivity contribution in [3.8, 4) is 0 Å². The van der Waals surface area contributed by atoms with Crippen LogP contribution in [0, 0.1) is 0 Å². The molecule has 0 atom stereocenters. The second kappa shape index (κ2) is 5.67. The van der Waals surface area contributed by atoms with E-state index in [1.165, 1.54) is 11.8 Å². The van der Waals surface area contributed by atoms with E-state index in [-0.39, 0.29) is 5.75 Å². The van der Waals surface area contributed by atoms with Crippen molar-refractivity contribution in [1.29, 1.82) is 0 Å². The molecule has 0 aromatic carbocycles. The third-order valence-corrected chi connectivity index (χ3v) is 3.21. The molecular weight excluding hydrogens is 254 g/mol. The third kappa shape index (κ3) is 3.33. The van der Waals surface area contributed by atoms with Gasteiger partial charge in [-0.2, -0.15) is 5.10 Å². The first kappa shape index (κ1) is 12.6. The van der Waals surface area contributed by atoms with E-state index in [2.05, 4.69) is 15.1 Å². The summed E-state index contributed by atoms with van der Waals surface area (Å²) in [5.74, 6) is -0.0694. The number of rotatable bonds is 6. The van der Waals surface area contributed by atoms with Crippen molar-refractivity contribution in [1.82, 2.24) is 24.3 Å². The lowest BCUT2D eigenvalue weighted by molar-refractivity contribution is -0.133. The first-order valence-corrected chi connectivity index (χ1v) is 6.34. The molecule has 2 heterocycles. The van der Waals surface area contributed by atoms with Crippen LogP contribution < -0.4 is 0 Å². The van der Waals surface area contributed by atoms with Crippen molar-refractivity contribution in [2.45, 2.75) is 18.1 Å². The normalized spacial score (nSPS) is 10.7. The minimum atomic E-state index is -0.846. The second-order valence-electron chi connectivity index (χ2n) is 3.67. The highest BCUT2D eigenvalue weighted by Crippen LogP contribution is 2.15. The summed E-state index contributed by atoms with van der Waals surface area (Å²) in [6.07, 6.45) is 5.84. The molecule has 0 aliphatic rings. The van der Waals surface area contributed by atoms with Crippen molar-refractivity contribution in [2.24, 2.45) is 7.05 Å². The summed E-state index contributed by atoms with van der Waals surface area (Å²) in [5, 5.41) is 13.5. The maximum absolute atomic E-state index is 10.5. The van der Waals surface area contributed by atoms with Gasteiger partial charge in [-0.25, -0.2) is 9.97 Å². The Labute approximate surface area is 108 Å². The Morgan fingerprint density at radius 2 is 2.33 bits per heavy atom. The molecule has 0 spiro atoms. The van der Waals surface area contributed by atoms with Crippen LogP contribution in [0.15, 0.2) is 23.9 Å². The van der Waals surface area contributed by atoms with Gasteiger partial charge in [-0.15, -0.1) is 0 Å². The lowest BCUT2D eigenvalue weighted by Gasteiger charge is -2.04. The van der Waals surface area contributed by atoms with Crippen LogP contribution in [0.3, 0.4) is 0 Å². The van der Waals surface area contributed by atoms with Gasteiger partial charge in [0.25, 0.3) is 0 Å². The molecule has 8 heteroatoms. The number of aliphatic carboxylic acids is 1. The van der Waals surface area contributed by atoms with E-state index >= 15 is 0 Å². The van der Waals surface area contributed by atoms with Crippen molar-refractivity contribution >= 4 is 17.7 Å². The lowest BCUT2D eigenvalue weighted by atomic mass is 10.4. The van der Waals surface area contributed by atoms with Crippen molar-refractivity contribution < 1.29 is 9.90 Å². The molecule has 0 aliphatic carbocycles. The van der Waals surface area contributed by atoms with Gasteiger partial charge < -0.3 is 9.67 Å². The van der Waals surface area contributed by atoms with Crippen LogP contribution in [0.1, 0.15) is 5.82 Å². The molecule has 0 fully saturated rings.